The van der Waals surface area contributed by atoms with Crippen molar-refractivity contribution in [3.05, 3.63) is 151 Å². The molecule has 0 aliphatic carbocycles. The van der Waals surface area contributed by atoms with Gasteiger partial charge >= 0.3 is 0 Å². The second-order valence-electron chi connectivity index (χ2n) is 14.4. The van der Waals surface area contributed by atoms with Crippen LogP contribution in [-0.4, -0.2) is 21.2 Å². The van der Waals surface area contributed by atoms with Gasteiger partial charge in [0.1, 0.15) is 24.0 Å². The topological polar surface area (TPSA) is 46.4 Å². The van der Waals surface area contributed by atoms with E-state index in [2.05, 4.69) is 156 Å². The Morgan fingerprint density at radius 2 is 1.37 bits per heavy atom. The second kappa shape index (κ2) is 11.7. The summed E-state index contributed by atoms with van der Waals surface area (Å²) in [7, 11) is 0. The molecule has 0 atom stereocenters. The Morgan fingerprint density at radius 1 is 0.577 bits per heavy atom. The summed E-state index contributed by atoms with van der Waals surface area (Å²) in [4.78, 5) is 14.3. The average molecular weight is 694 g/mol. The number of nitrogens with zero attached hydrogens (tertiary/aromatic N) is 5. The first-order chi connectivity index (χ1) is 25.4. The first kappa shape index (κ1) is 30.6. The van der Waals surface area contributed by atoms with Crippen LogP contribution >= 0.6 is 11.3 Å². The molecule has 0 saturated heterocycles. The minimum absolute atomic E-state index is 0.00515. The van der Waals surface area contributed by atoms with Crippen LogP contribution in [0.15, 0.2) is 146 Å². The number of thiophene rings is 1. The molecule has 0 N–H and O–H groups in total. The molecule has 0 fully saturated rings. The highest BCUT2D eigenvalue weighted by atomic mass is 32.1. The number of anilines is 4. The minimum Gasteiger partial charge on any atom is -0.457 e. The maximum atomic E-state index is 6.64. The van der Waals surface area contributed by atoms with Crippen molar-refractivity contribution < 1.29 is 4.74 Å². The van der Waals surface area contributed by atoms with Crippen molar-refractivity contribution in [1.29, 1.82) is 0 Å². The maximum absolute atomic E-state index is 6.64. The van der Waals surface area contributed by atoms with E-state index >= 15 is 0 Å². The fourth-order valence-electron chi connectivity index (χ4n) is 7.52. The maximum Gasteiger partial charge on any atom is 0.158 e. The normalized spacial score (nSPS) is 13.1. The van der Waals surface area contributed by atoms with E-state index in [1.165, 1.54) is 31.1 Å². The summed E-state index contributed by atoms with van der Waals surface area (Å²) in [5.74, 6) is 3.37. The summed E-state index contributed by atoms with van der Waals surface area (Å²) in [5.41, 5.74) is 6.64. The van der Waals surface area contributed by atoms with Crippen molar-refractivity contribution in [2.45, 2.75) is 26.2 Å². The highest BCUT2D eigenvalue weighted by Gasteiger charge is 2.30. The third kappa shape index (κ3) is 5.00. The summed E-state index contributed by atoms with van der Waals surface area (Å²) in [5, 5.41) is 4.92. The Hall–Kier alpha value is -6.18. The number of hydrogen-bond acceptors (Lipinski definition) is 6. The monoisotopic (exact) mass is 693 g/mol. The Morgan fingerprint density at radius 3 is 2.27 bits per heavy atom. The van der Waals surface area contributed by atoms with E-state index in [1.807, 2.05) is 35.9 Å². The van der Waals surface area contributed by atoms with Crippen LogP contribution in [0.25, 0.3) is 47.8 Å². The number of hydrogen-bond donors (Lipinski definition) is 0. The molecule has 0 saturated carbocycles. The van der Waals surface area contributed by atoms with Crippen LogP contribution in [0.2, 0.25) is 0 Å². The Kier molecular flexibility index (Phi) is 6.88. The lowest BCUT2D eigenvalue weighted by Gasteiger charge is -2.22. The Bertz CT molecular complexity index is 2830. The van der Waals surface area contributed by atoms with E-state index in [1.54, 1.807) is 0 Å². The molecule has 0 unspecified atom stereocenters. The smallest absolute Gasteiger partial charge is 0.158 e. The van der Waals surface area contributed by atoms with Crippen LogP contribution in [0.5, 0.6) is 11.5 Å². The first-order valence-electron chi connectivity index (χ1n) is 17.6. The quantitative estimate of drug-likeness (QED) is 0.180. The number of aromatic nitrogens is 3. The van der Waals surface area contributed by atoms with E-state index in [-0.39, 0.29) is 5.41 Å². The van der Waals surface area contributed by atoms with Crippen molar-refractivity contribution in [1.82, 2.24) is 14.5 Å². The third-order valence-corrected chi connectivity index (χ3v) is 11.3. The molecule has 0 bridgehead atoms. The molecule has 0 spiro atoms. The number of rotatable bonds is 5. The van der Waals surface area contributed by atoms with Crippen molar-refractivity contribution in [3.63, 3.8) is 0 Å². The van der Waals surface area contributed by atoms with Crippen LogP contribution < -0.4 is 14.5 Å². The molecule has 1 aliphatic heterocycles. The molecule has 5 aromatic carbocycles. The summed E-state index contributed by atoms with van der Waals surface area (Å²) in [6.07, 6.45) is 3.79. The summed E-state index contributed by atoms with van der Waals surface area (Å²) < 4.78 is 11.5. The lowest BCUT2D eigenvalue weighted by Crippen LogP contribution is -2.24. The molecule has 4 aromatic heterocycles. The van der Waals surface area contributed by atoms with Gasteiger partial charge in [0.25, 0.3) is 0 Å². The second-order valence-corrected chi connectivity index (χ2v) is 15.5. The van der Waals surface area contributed by atoms with E-state index in [4.69, 9.17) is 14.7 Å². The zero-order valence-corrected chi connectivity index (χ0v) is 29.9. The average Bonchev–Trinajstić information content (AvgIpc) is 3.84. The number of para-hydroxylation sites is 1. The van der Waals surface area contributed by atoms with E-state index < -0.39 is 0 Å². The molecule has 5 heterocycles. The summed E-state index contributed by atoms with van der Waals surface area (Å²) in [6, 6.07) is 47.1. The number of benzene rings is 5. The first-order valence-corrected chi connectivity index (χ1v) is 18.4. The molecular weight excluding hydrogens is 659 g/mol. The molecular formula is C45H35N5OS. The van der Waals surface area contributed by atoms with Gasteiger partial charge in [0.15, 0.2) is 5.82 Å². The largest absolute Gasteiger partial charge is 0.457 e. The highest BCUT2D eigenvalue weighted by molar-refractivity contribution is 7.25. The molecule has 52 heavy (non-hydrogen) atoms. The van der Waals surface area contributed by atoms with Gasteiger partial charge in [-0.2, -0.15) is 0 Å². The predicted octanol–water partition coefficient (Wildman–Crippen LogP) is 12.3. The Labute approximate surface area is 305 Å². The molecule has 252 valence electrons. The van der Waals surface area contributed by atoms with Gasteiger partial charge in [0, 0.05) is 66.8 Å². The lowest BCUT2D eigenvalue weighted by molar-refractivity contribution is 0.483. The highest BCUT2D eigenvalue weighted by Crippen LogP contribution is 2.45. The summed E-state index contributed by atoms with van der Waals surface area (Å²) >= 11 is 1.84. The molecule has 0 amide bonds. The minimum atomic E-state index is 0.00515. The van der Waals surface area contributed by atoms with Gasteiger partial charge in [0.2, 0.25) is 0 Å². The molecule has 9 aromatic rings. The standard InChI is InChI=1S/C45H35N5OS/c1-45(2,3)29-21-23-46-43(24-29)50-38-14-6-4-12-34(38)35-19-18-33(27-40(35)50)51-32-11-8-10-30(25-32)48-28-49(44-39(48)15-9-22-47-44)31-17-20-42-37(26-31)36-13-5-7-16-41(36)52-42/h4-27H,28H2,1-3H3. The van der Waals surface area contributed by atoms with E-state index in [0.29, 0.717) is 6.67 Å². The van der Waals surface area contributed by atoms with Crippen molar-refractivity contribution in [2.75, 3.05) is 16.5 Å². The predicted molar refractivity (Wildman–Crippen MR) is 217 cm³/mol. The lowest BCUT2D eigenvalue weighted by atomic mass is 9.88. The van der Waals surface area contributed by atoms with Gasteiger partial charge in [-0.3, -0.25) is 4.57 Å². The number of pyridine rings is 2. The zero-order valence-electron chi connectivity index (χ0n) is 29.1. The van der Waals surface area contributed by atoms with E-state index in [0.717, 1.165) is 56.6 Å². The Balaban J connectivity index is 1.00. The van der Waals surface area contributed by atoms with Crippen LogP contribution in [0.3, 0.4) is 0 Å². The SMILES string of the molecule is CC(C)(C)c1ccnc(-n2c3ccccc3c3ccc(Oc4cccc(N5CN(c6ccc7sc8ccccc8c7c6)c6ncccc65)c4)cc32)c1. The van der Waals surface area contributed by atoms with Gasteiger partial charge in [-0.1, -0.05) is 63.2 Å². The van der Waals surface area contributed by atoms with Gasteiger partial charge in [0.05, 0.1) is 16.7 Å². The number of fused-ring (bicyclic) bond motifs is 7. The van der Waals surface area contributed by atoms with E-state index in [9.17, 15) is 0 Å². The van der Waals surface area contributed by atoms with Crippen LogP contribution in [0, 0.1) is 0 Å². The number of ether oxygens (including phenoxy) is 1. The third-order valence-electron chi connectivity index (χ3n) is 10.1. The van der Waals surface area contributed by atoms with Crippen LogP contribution in [-0.2, 0) is 5.41 Å². The molecule has 6 nitrogen and oxygen atoms in total. The zero-order chi connectivity index (χ0) is 35.0. The van der Waals surface area contributed by atoms with Gasteiger partial charge in [-0.05, 0) is 89.8 Å². The summed E-state index contributed by atoms with van der Waals surface area (Å²) in [6.45, 7) is 7.34. The fraction of sp³-hybridized carbons (Fsp3) is 0.111. The molecule has 7 heteroatoms. The fourth-order valence-corrected chi connectivity index (χ4v) is 8.60. The van der Waals surface area contributed by atoms with Gasteiger partial charge in [-0.25, -0.2) is 9.97 Å². The van der Waals surface area contributed by atoms with Crippen molar-refractivity contribution in [2.24, 2.45) is 0 Å². The molecule has 10 rings (SSSR count). The van der Waals surface area contributed by atoms with Gasteiger partial charge < -0.3 is 14.5 Å². The van der Waals surface area contributed by atoms with Crippen molar-refractivity contribution in [3.8, 4) is 17.3 Å². The molecule has 0 radical (unpaired) electrons. The van der Waals surface area contributed by atoms with Crippen LogP contribution in [0.4, 0.5) is 22.9 Å². The van der Waals surface area contributed by atoms with Gasteiger partial charge in [-0.15, -0.1) is 11.3 Å². The van der Waals surface area contributed by atoms with Crippen LogP contribution in [0.1, 0.15) is 26.3 Å². The van der Waals surface area contributed by atoms with Crippen molar-refractivity contribution >= 4 is 76.2 Å². The molecule has 1 aliphatic rings.